The highest BCUT2D eigenvalue weighted by molar-refractivity contribution is 5.93. The minimum atomic E-state index is -1.36. The van der Waals surface area contributed by atoms with Crippen molar-refractivity contribution in [3.05, 3.63) is 0 Å². The van der Waals surface area contributed by atoms with Crippen molar-refractivity contribution >= 4 is 23.9 Å². The van der Waals surface area contributed by atoms with Gasteiger partial charge in [0.25, 0.3) is 6.29 Å². The Bertz CT molecular complexity index is 417. The summed E-state index contributed by atoms with van der Waals surface area (Å²) in [6.07, 6.45) is -2.36. The van der Waals surface area contributed by atoms with Gasteiger partial charge in [-0.2, -0.15) is 0 Å². The number of nitrogens with zero attached hydrogens (tertiary/aromatic N) is 1. The zero-order valence-corrected chi connectivity index (χ0v) is 12.8. The Hall–Kier alpha value is -2.12. The molecular weight excluding hydrogens is 282 g/mol. The SMILES string of the molecule is CC(=O)N(CC(=O)O)C(=O)OC(OC(=O)C(C)C)C(C)C. The van der Waals surface area contributed by atoms with Crippen LogP contribution in [0.15, 0.2) is 0 Å². The van der Waals surface area contributed by atoms with Crippen LogP contribution in [0.5, 0.6) is 0 Å². The number of esters is 1. The first kappa shape index (κ1) is 18.9. The molecule has 0 aliphatic heterocycles. The number of carboxylic acids is 1. The molecule has 0 radical (unpaired) electrons. The minimum Gasteiger partial charge on any atom is -0.480 e. The maximum Gasteiger partial charge on any atom is 0.420 e. The van der Waals surface area contributed by atoms with E-state index < -0.39 is 42.7 Å². The second kappa shape index (κ2) is 8.23. The summed E-state index contributed by atoms with van der Waals surface area (Å²) in [5, 5.41) is 8.66. The lowest BCUT2D eigenvalue weighted by Gasteiger charge is -2.25. The zero-order valence-electron chi connectivity index (χ0n) is 12.8. The van der Waals surface area contributed by atoms with Crippen molar-refractivity contribution in [2.75, 3.05) is 6.54 Å². The molecule has 8 nitrogen and oxygen atoms in total. The predicted molar refractivity (Wildman–Crippen MR) is 71.1 cm³/mol. The van der Waals surface area contributed by atoms with Crippen LogP contribution in [0.3, 0.4) is 0 Å². The van der Waals surface area contributed by atoms with Crippen molar-refractivity contribution in [3.63, 3.8) is 0 Å². The van der Waals surface area contributed by atoms with Crippen LogP contribution in [0.2, 0.25) is 0 Å². The third-order valence-corrected chi connectivity index (χ3v) is 2.36. The Labute approximate surface area is 123 Å². The van der Waals surface area contributed by atoms with E-state index in [-0.39, 0.29) is 5.92 Å². The molecule has 0 saturated carbocycles. The van der Waals surface area contributed by atoms with Crippen LogP contribution in [0.1, 0.15) is 34.6 Å². The number of rotatable bonds is 6. The van der Waals surface area contributed by atoms with Gasteiger partial charge in [-0.05, 0) is 0 Å². The van der Waals surface area contributed by atoms with E-state index in [2.05, 4.69) is 0 Å². The van der Waals surface area contributed by atoms with E-state index in [1.807, 2.05) is 0 Å². The first-order chi connectivity index (χ1) is 9.56. The molecule has 0 heterocycles. The van der Waals surface area contributed by atoms with E-state index in [0.29, 0.717) is 4.90 Å². The minimum absolute atomic E-state index is 0.352. The molecule has 0 aromatic heterocycles. The molecule has 8 heteroatoms. The van der Waals surface area contributed by atoms with E-state index in [9.17, 15) is 19.2 Å². The molecule has 21 heavy (non-hydrogen) atoms. The maximum atomic E-state index is 11.8. The first-order valence-corrected chi connectivity index (χ1v) is 6.47. The van der Waals surface area contributed by atoms with Crippen molar-refractivity contribution in [2.45, 2.75) is 40.9 Å². The van der Waals surface area contributed by atoms with Gasteiger partial charge in [-0.3, -0.25) is 14.4 Å². The molecule has 1 N–H and O–H groups in total. The summed E-state index contributed by atoms with van der Waals surface area (Å²) in [5.41, 5.74) is 0. The van der Waals surface area contributed by atoms with Gasteiger partial charge in [0.05, 0.1) is 5.92 Å². The Kier molecular flexibility index (Phi) is 7.40. The molecule has 0 rings (SSSR count). The van der Waals surface area contributed by atoms with Crippen LogP contribution in [-0.4, -0.2) is 46.8 Å². The van der Waals surface area contributed by atoms with Crippen molar-refractivity contribution < 1.29 is 33.8 Å². The van der Waals surface area contributed by atoms with E-state index in [0.717, 1.165) is 6.92 Å². The Morgan fingerprint density at radius 1 is 1.05 bits per heavy atom. The highest BCUT2D eigenvalue weighted by atomic mass is 16.7. The largest absolute Gasteiger partial charge is 0.480 e. The third kappa shape index (κ3) is 6.73. The number of aliphatic carboxylic acids is 1. The molecule has 0 aromatic rings. The summed E-state index contributed by atoms with van der Waals surface area (Å²) in [6, 6.07) is 0. The van der Waals surface area contributed by atoms with Gasteiger partial charge in [0, 0.05) is 12.8 Å². The lowest BCUT2D eigenvalue weighted by atomic mass is 10.2. The molecule has 1 unspecified atom stereocenters. The smallest absolute Gasteiger partial charge is 0.420 e. The lowest BCUT2D eigenvalue weighted by Crippen LogP contribution is -2.43. The van der Waals surface area contributed by atoms with Crippen molar-refractivity contribution in [1.82, 2.24) is 4.90 Å². The molecule has 0 aliphatic carbocycles. The van der Waals surface area contributed by atoms with Gasteiger partial charge < -0.3 is 14.6 Å². The molecule has 2 amide bonds. The van der Waals surface area contributed by atoms with Crippen molar-refractivity contribution in [3.8, 4) is 0 Å². The number of ether oxygens (including phenoxy) is 2. The van der Waals surface area contributed by atoms with Crippen LogP contribution in [-0.2, 0) is 23.9 Å². The van der Waals surface area contributed by atoms with Crippen molar-refractivity contribution in [1.29, 1.82) is 0 Å². The normalized spacial score (nSPS) is 12.0. The van der Waals surface area contributed by atoms with E-state index in [1.54, 1.807) is 27.7 Å². The van der Waals surface area contributed by atoms with Crippen LogP contribution in [0.4, 0.5) is 4.79 Å². The quantitative estimate of drug-likeness (QED) is 0.580. The van der Waals surface area contributed by atoms with Gasteiger partial charge in [-0.25, -0.2) is 9.69 Å². The Morgan fingerprint density at radius 3 is 1.90 bits per heavy atom. The van der Waals surface area contributed by atoms with Crippen LogP contribution in [0, 0.1) is 11.8 Å². The average molecular weight is 303 g/mol. The fourth-order valence-electron chi connectivity index (χ4n) is 1.15. The number of carbonyl (C=O) groups is 4. The van der Waals surface area contributed by atoms with E-state index in [1.165, 1.54) is 0 Å². The Morgan fingerprint density at radius 2 is 1.57 bits per heavy atom. The molecule has 0 aromatic carbocycles. The number of imide groups is 1. The van der Waals surface area contributed by atoms with Gasteiger partial charge in [0.1, 0.15) is 6.54 Å². The molecule has 0 spiro atoms. The zero-order chi connectivity index (χ0) is 16.7. The summed E-state index contributed by atoms with van der Waals surface area (Å²) in [5.74, 6) is -3.46. The third-order valence-electron chi connectivity index (χ3n) is 2.36. The van der Waals surface area contributed by atoms with Crippen LogP contribution >= 0.6 is 0 Å². The summed E-state index contributed by atoms with van der Waals surface area (Å²) in [6.45, 7) is 6.76. The maximum absolute atomic E-state index is 11.8. The van der Waals surface area contributed by atoms with Crippen LogP contribution in [0.25, 0.3) is 0 Å². The van der Waals surface area contributed by atoms with E-state index in [4.69, 9.17) is 14.6 Å². The molecule has 120 valence electrons. The molecule has 1 atom stereocenters. The van der Waals surface area contributed by atoms with Gasteiger partial charge in [0.2, 0.25) is 5.91 Å². The fourth-order valence-corrected chi connectivity index (χ4v) is 1.15. The molecule has 0 bridgehead atoms. The monoisotopic (exact) mass is 303 g/mol. The molecule has 0 saturated heterocycles. The highest BCUT2D eigenvalue weighted by Crippen LogP contribution is 2.13. The highest BCUT2D eigenvalue weighted by Gasteiger charge is 2.29. The first-order valence-electron chi connectivity index (χ1n) is 6.47. The number of amides is 2. The van der Waals surface area contributed by atoms with E-state index >= 15 is 0 Å². The fraction of sp³-hybridized carbons (Fsp3) is 0.692. The van der Waals surface area contributed by atoms with Gasteiger partial charge in [-0.15, -0.1) is 0 Å². The predicted octanol–water partition coefficient (Wildman–Crippen LogP) is 1.24. The average Bonchev–Trinajstić information content (AvgIpc) is 2.33. The number of carboxylic acid groups (broad SMARTS) is 1. The Balaban J connectivity index is 4.90. The summed E-state index contributed by atoms with van der Waals surface area (Å²) < 4.78 is 9.93. The lowest BCUT2D eigenvalue weighted by molar-refractivity contribution is -0.181. The van der Waals surface area contributed by atoms with Gasteiger partial charge >= 0.3 is 18.0 Å². The van der Waals surface area contributed by atoms with Gasteiger partial charge in [-0.1, -0.05) is 27.7 Å². The number of carbonyl (C=O) groups excluding carboxylic acids is 3. The summed E-state index contributed by atoms with van der Waals surface area (Å²) in [4.78, 5) is 45.6. The molecular formula is C13H21NO7. The van der Waals surface area contributed by atoms with Gasteiger partial charge in [0.15, 0.2) is 0 Å². The standard InChI is InChI=1S/C13H21NO7/c1-7(2)11(18)20-12(8(3)4)21-13(19)14(9(5)15)6-10(16)17/h7-8,12H,6H2,1-5H3,(H,16,17). The number of hydrogen-bond donors (Lipinski definition) is 1. The second-order valence-electron chi connectivity index (χ2n) is 5.09. The molecule has 0 fully saturated rings. The summed E-state index contributed by atoms with van der Waals surface area (Å²) in [7, 11) is 0. The summed E-state index contributed by atoms with van der Waals surface area (Å²) >= 11 is 0. The van der Waals surface area contributed by atoms with Crippen molar-refractivity contribution in [2.24, 2.45) is 11.8 Å². The topological polar surface area (TPSA) is 110 Å². The molecule has 0 aliphatic rings. The van der Waals surface area contributed by atoms with Crippen LogP contribution < -0.4 is 0 Å². The second-order valence-corrected chi connectivity index (χ2v) is 5.09. The number of hydrogen-bond acceptors (Lipinski definition) is 6.